The summed E-state index contributed by atoms with van der Waals surface area (Å²) in [5.74, 6) is -1.06. The lowest BCUT2D eigenvalue weighted by molar-refractivity contribution is -0.131. The van der Waals surface area contributed by atoms with E-state index in [1.54, 1.807) is 19.1 Å². The summed E-state index contributed by atoms with van der Waals surface area (Å²) in [7, 11) is 1.42. The fourth-order valence-electron chi connectivity index (χ4n) is 2.92. The first-order chi connectivity index (χ1) is 13.5. The average Bonchev–Trinajstić information content (AvgIpc) is 2.71. The van der Waals surface area contributed by atoms with E-state index in [1.807, 2.05) is 6.07 Å². The minimum absolute atomic E-state index is 0.0685. The van der Waals surface area contributed by atoms with Crippen molar-refractivity contribution < 1.29 is 19.2 Å². The zero-order chi connectivity index (χ0) is 20.9. The van der Waals surface area contributed by atoms with Gasteiger partial charge in [0.25, 0.3) is 5.91 Å². The van der Waals surface area contributed by atoms with Crippen molar-refractivity contribution in [3.05, 3.63) is 29.3 Å². The molecule has 0 bridgehead atoms. The van der Waals surface area contributed by atoms with Gasteiger partial charge in [-0.25, -0.2) is 0 Å². The molecule has 0 aliphatic heterocycles. The van der Waals surface area contributed by atoms with Gasteiger partial charge in [0.1, 0.15) is 12.3 Å². The molecule has 4 N–H and O–H groups in total. The van der Waals surface area contributed by atoms with Crippen LogP contribution in [0.2, 0.25) is 0 Å². The second-order valence-electron chi connectivity index (χ2n) is 6.45. The summed E-state index contributed by atoms with van der Waals surface area (Å²) < 4.78 is 0. The molecule has 0 aliphatic rings. The number of nitrogens with two attached hydrogens (primary N) is 1. The van der Waals surface area contributed by atoms with Gasteiger partial charge in [0.05, 0.1) is 0 Å². The summed E-state index contributed by atoms with van der Waals surface area (Å²) in [4.78, 5) is 48.3. The third kappa shape index (κ3) is 6.45. The van der Waals surface area contributed by atoms with Gasteiger partial charge >= 0.3 is 0 Å². The number of carbonyl (C=O) groups excluding carboxylic acids is 4. The van der Waals surface area contributed by atoms with E-state index in [0.29, 0.717) is 30.4 Å². The predicted octanol–water partition coefficient (Wildman–Crippen LogP) is 1.23. The van der Waals surface area contributed by atoms with Gasteiger partial charge in [0.2, 0.25) is 12.3 Å². The lowest BCUT2D eigenvalue weighted by Crippen LogP contribution is -2.48. The number of aldehydes is 1. The number of carbonyl (C=O) groups is 4. The second-order valence-corrected chi connectivity index (χ2v) is 6.45. The zero-order valence-electron chi connectivity index (χ0n) is 16.6. The van der Waals surface area contributed by atoms with Crippen LogP contribution in [-0.2, 0) is 14.4 Å². The number of likely N-dealkylation sites (N-methyl/N-ethyl adjacent to an activating group) is 1. The van der Waals surface area contributed by atoms with E-state index in [4.69, 9.17) is 5.73 Å². The number of nitrogens with one attached hydrogen (secondary N) is 2. The highest BCUT2D eigenvalue weighted by molar-refractivity contribution is 6.04. The van der Waals surface area contributed by atoms with E-state index in [0.717, 1.165) is 36.4 Å². The standard InChI is InChI=1S/C20H30N4O4/c1-15-16(8-6-9-17(15)23-12-5-3-4-11-21)20(28)24(14-26)18(10-7-13-25)19(27)22-2/h6,8-9,13-14,18,23H,3-5,7,10-12,21H2,1-2H3,(H,22,27). The molecule has 0 aliphatic carbocycles. The molecule has 8 heteroatoms. The Kier molecular flexibility index (Phi) is 10.5. The summed E-state index contributed by atoms with van der Waals surface area (Å²) in [5.41, 5.74) is 7.32. The molecule has 0 saturated heterocycles. The Morgan fingerprint density at radius 2 is 1.96 bits per heavy atom. The SMILES string of the molecule is CNC(=O)C(CCC=O)N(C=O)C(=O)c1cccc(NCCCCCN)c1C. The Morgan fingerprint density at radius 1 is 1.21 bits per heavy atom. The van der Waals surface area contributed by atoms with Crippen LogP contribution in [0.1, 0.15) is 48.0 Å². The van der Waals surface area contributed by atoms with Gasteiger partial charge in [-0.1, -0.05) is 12.5 Å². The molecule has 154 valence electrons. The predicted molar refractivity (Wildman–Crippen MR) is 108 cm³/mol. The molecular weight excluding hydrogens is 360 g/mol. The molecule has 1 aromatic carbocycles. The van der Waals surface area contributed by atoms with Crippen LogP contribution in [0, 0.1) is 6.92 Å². The van der Waals surface area contributed by atoms with E-state index in [9.17, 15) is 19.2 Å². The fraction of sp³-hybridized carbons (Fsp3) is 0.500. The molecule has 1 atom stereocenters. The van der Waals surface area contributed by atoms with Crippen molar-refractivity contribution in [2.45, 2.75) is 45.1 Å². The molecule has 1 rings (SSSR count). The highest BCUT2D eigenvalue weighted by atomic mass is 16.2. The first-order valence-corrected chi connectivity index (χ1v) is 9.48. The van der Waals surface area contributed by atoms with E-state index < -0.39 is 17.9 Å². The van der Waals surface area contributed by atoms with Crippen molar-refractivity contribution in [3.63, 3.8) is 0 Å². The highest BCUT2D eigenvalue weighted by Crippen LogP contribution is 2.22. The van der Waals surface area contributed by atoms with Crippen LogP contribution in [0.5, 0.6) is 0 Å². The Hall–Kier alpha value is -2.74. The highest BCUT2D eigenvalue weighted by Gasteiger charge is 2.30. The minimum atomic E-state index is -1.03. The van der Waals surface area contributed by atoms with Crippen molar-refractivity contribution in [2.75, 3.05) is 25.5 Å². The molecule has 1 unspecified atom stereocenters. The summed E-state index contributed by atoms with van der Waals surface area (Å²) in [6.45, 7) is 3.20. The summed E-state index contributed by atoms with van der Waals surface area (Å²) in [5, 5.41) is 5.73. The molecule has 3 amide bonds. The summed E-state index contributed by atoms with van der Waals surface area (Å²) in [6.07, 6.45) is 4.09. The number of anilines is 1. The first kappa shape index (κ1) is 23.3. The van der Waals surface area contributed by atoms with E-state index >= 15 is 0 Å². The van der Waals surface area contributed by atoms with Gasteiger partial charge in [-0.05, 0) is 50.4 Å². The van der Waals surface area contributed by atoms with Crippen LogP contribution < -0.4 is 16.4 Å². The van der Waals surface area contributed by atoms with Gasteiger partial charge in [-0.2, -0.15) is 0 Å². The van der Waals surface area contributed by atoms with Crippen LogP contribution >= 0.6 is 0 Å². The van der Waals surface area contributed by atoms with E-state index in [1.165, 1.54) is 7.05 Å². The number of benzene rings is 1. The molecule has 8 nitrogen and oxygen atoms in total. The fourth-order valence-corrected chi connectivity index (χ4v) is 2.92. The smallest absolute Gasteiger partial charge is 0.261 e. The number of hydrogen-bond acceptors (Lipinski definition) is 6. The monoisotopic (exact) mass is 390 g/mol. The minimum Gasteiger partial charge on any atom is -0.385 e. The van der Waals surface area contributed by atoms with Crippen molar-refractivity contribution in [1.82, 2.24) is 10.2 Å². The van der Waals surface area contributed by atoms with Gasteiger partial charge in [-0.15, -0.1) is 0 Å². The number of hydrogen-bond donors (Lipinski definition) is 3. The number of rotatable bonds is 13. The molecule has 0 aromatic heterocycles. The lowest BCUT2D eigenvalue weighted by atomic mass is 10.0. The van der Waals surface area contributed by atoms with Crippen molar-refractivity contribution in [1.29, 1.82) is 0 Å². The quantitative estimate of drug-likeness (QED) is 0.344. The Labute approximate surface area is 165 Å². The lowest BCUT2D eigenvalue weighted by Gasteiger charge is -2.26. The Bertz CT molecular complexity index is 678. The summed E-state index contributed by atoms with van der Waals surface area (Å²) >= 11 is 0. The maximum absolute atomic E-state index is 13.0. The zero-order valence-corrected chi connectivity index (χ0v) is 16.6. The largest absolute Gasteiger partial charge is 0.385 e. The van der Waals surface area contributed by atoms with Crippen molar-refractivity contribution >= 4 is 30.2 Å². The average molecular weight is 390 g/mol. The van der Waals surface area contributed by atoms with Crippen LogP contribution in [0.3, 0.4) is 0 Å². The van der Waals surface area contributed by atoms with Crippen LogP contribution in [0.25, 0.3) is 0 Å². The van der Waals surface area contributed by atoms with Crippen molar-refractivity contribution in [3.8, 4) is 0 Å². The Morgan fingerprint density at radius 3 is 2.57 bits per heavy atom. The van der Waals surface area contributed by atoms with Crippen LogP contribution in [0.4, 0.5) is 5.69 Å². The number of nitrogens with zero attached hydrogens (tertiary/aromatic N) is 1. The molecule has 1 aromatic rings. The van der Waals surface area contributed by atoms with Crippen LogP contribution in [-0.4, -0.2) is 55.6 Å². The Balaban J connectivity index is 3.00. The number of unbranched alkanes of at least 4 members (excludes halogenated alkanes) is 2. The normalized spacial score (nSPS) is 11.4. The molecule has 0 fully saturated rings. The third-order valence-corrected chi connectivity index (χ3v) is 4.55. The topological polar surface area (TPSA) is 122 Å². The molecule has 28 heavy (non-hydrogen) atoms. The van der Waals surface area contributed by atoms with Gasteiger partial charge in [0.15, 0.2) is 0 Å². The van der Waals surface area contributed by atoms with Gasteiger partial charge < -0.3 is 21.2 Å². The number of imide groups is 1. The molecule has 0 spiro atoms. The van der Waals surface area contributed by atoms with Crippen molar-refractivity contribution in [2.24, 2.45) is 5.73 Å². The molecular formula is C20H30N4O4. The second kappa shape index (κ2) is 12.6. The summed E-state index contributed by atoms with van der Waals surface area (Å²) in [6, 6.07) is 4.18. The maximum Gasteiger partial charge on any atom is 0.261 e. The molecule has 0 radical (unpaired) electrons. The third-order valence-electron chi connectivity index (χ3n) is 4.55. The maximum atomic E-state index is 13.0. The van der Waals surface area contributed by atoms with E-state index in [-0.39, 0.29) is 12.8 Å². The molecule has 0 saturated carbocycles. The van der Waals surface area contributed by atoms with E-state index in [2.05, 4.69) is 10.6 Å². The van der Waals surface area contributed by atoms with Gasteiger partial charge in [-0.3, -0.25) is 19.3 Å². The van der Waals surface area contributed by atoms with Crippen LogP contribution in [0.15, 0.2) is 18.2 Å². The first-order valence-electron chi connectivity index (χ1n) is 9.48. The number of amides is 3. The van der Waals surface area contributed by atoms with Gasteiger partial charge in [0, 0.05) is 31.3 Å². The molecule has 0 heterocycles.